The van der Waals surface area contributed by atoms with E-state index < -0.39 is 0 Å². The molecule has 2 aromatic rings. The summed E-state index contributed by atoms with van der Waals surface area (Å²) in [6.45, 7) is 7.49. The molecule has 3 heterocycles. The van der Waals surface area contributed by atoms with Crippen LogP contribution in [0.1, 0.15) is 18.4 Å². The number of rotatable bonds is 2. The first-order valence-electron chi connectivity index (χ1n) is 7.50. The van der Waals surface area contributed by atoms with Crippen LogP contribution in [0.4, 0.5) is 0 Å². The second-order valence-corrected chi connectivity index (χ2v) is 5.81. The highest BCUT2D eigenvalue weighted by Gasteiger charge is 2.30. The molecule has 2 aliphatic rings. The fourth-order valence-electron chi connectivity index (χ4n) is 3.29. The molecule has 2 fully saturated rings. The van der Waals surface area contributed by atoms with Crippen LogP contribution < -0.4 is 15.6 Å². The normalized spacial score (nSPS) is 26.8. The molecule has 2 saturated heterocycles. The number of fused-ring (bicyclic) bond motifs is 1. The van der Waals surface area contributed by atoms with Gasteiger partial charge < -0.3 is 15.6 Å². The lowest BCUT2D eigenvalue weighted by Crippen LogP contribution is -2.49. The minimum atomic E-state index is 0.560. The molecule has 5 nitrogen and oxygen atoms in total. The van der Waals surface area contributed by atoms with E-state index in [0.717, 1.165) is 32.7 Å². The third-order valence-electron chi connectivity index (χ3n) is 4.65. The minimum Gasteiger partial charge on any atom is -0.313 e. The van der Waals surface area contributed by atoms with E-state index in [1.165, 1.54) is 16.6 Å². The van der Waals surface area contributed by atoms with E-state index in [-0.39, 0.29) is 0 Å². The van der Waals surface area contributed by atoms with Crippen molar-refractivity contribution in [2.24, 2.45) is 0 Å². The lowest BCUT2D eigenvalue weighted by atomic mass is 9.85. The Morgan fingerprint density at radius 1 is 1.25 bits per heavy atom. The lowest BCUT2D eigenvalue weighted by Gasteiger charge is -2.36. The van der Waals surface area contributed by atoms with Gasteiger partial charge >= 0.3 is 0 Å². The van der Waals surface area contributed by atoms with E-state index >= 15 is 0 Å². The SMILES string of the molecule is CC1NCC1c1cccc2c1ncn2N1CCNCC1. The van der Waals surface area contributed by atoms with E-state index in [4.69, 9.17) is 4.98 Å². The summed E-state index contributed by atoms with van der Waals surface area (Å²) in [5.74, 6) is 0.602. The summed E-state index contributed by atoms with van der Waals surface area (Å²) in [5, 5.41) is 9.21. The van der Waals surface area contributed by atoms with E-state index in [2.05, 4.69) is 45.4 Å². The Bertz CT molecular complexity index is 614. The molecular weight excluding hydrogens is 250 g/mol. The van der Waals surface area contributed by atoms with Crippen molar-refractivity contribution in [3.63, 3.8) is 0 Å². The number of benzene rings is 1. The van der Waals surface area contributed by atoms with Crippen LogP contribution in [-0.2, 0) is 0 Å². The van der Waals surface area contributed by atoms with Gasteiger partial charge in [0.25, 0.3) is 0 Å². The summed E-state index contributed by atoms with van der Waals surface area (Å²) in [6.07, 6.45) is 1.98. The molecule has 0 amide bonds. The summed E-state index contributed by atoms with van der Waals surface area (Å²) >= 11 is 0. The zero-order chi connectivity index (χ0) is 13.5. The van der Waals surface area contributed by atoms with Crippen LogP contribution in [-0.4, -0.2) is 48.4 Å². The van der Waals surface area contributed by atoms with Gasteiger partial charge in [0, 0.05) is 44.7 Å². The van der Waals surface area contributed by atoms with E-state index in [9.17, 15) is 0 Å². The molecule has 2 atom stereocenters. The molecule has 2 N–H and O–H groups in total. The Hall–Kier alpha value is -1.59. The quantitative estimate of drug-likeness (QED) is 0.842. The number of hydrogen-bond donors (Lipinski definition) is 2. The van der Waals surface area contributed by atoms with Gasteiger partial charge in [0.15, 0.2) is 0 Å². The molecule has 0 radical (unpaired) electrons. The summed E-state index contributed by atoms with van der Waals surface area (Å²) in [4.78, 5) is 4.70. The minimum absolute atomic E-state index is 0.560. The van der Waals surface area contributed by atoms with Crippen molar-refractivity contribution in [3.8, 4) is 0 Å². The third-order valence-corrected chi connectivity index (χ3v) is 4.65. The molecule has 20 heavy (non-hydrogen) atoms. The third kappa shape index (κ3) is 1.81. The van der Waals surface area contributed by atoms with Crippen LogP contribution in [0.15, 0.2) is 24.5 Å². The first kappa shape index (κ1) is 12.2. The van der Waals surface area contributed by atoms with Gasteiger partial charge in [-0.05, 0) is 18.6 Å². The van der Waals surface area contributed by atoms with Crippen molar-refractivity contribution in [2.75, 3.05) is 37.7 Å². The molecule has 0 aliphatic carbocycles. The van der Waals surface area contributed by atoms with Crippen molar-refractivity contribution in [1.29, 1.82) is 0 Å². The average molecular weight is 271 g/mol. The zero-order valence-corrected chi connectivity index (χ0v) is 11.8. The zero-order valence-electron chi connectivity index (χ0n) is 11.8. The predicted molar refractivity (Wildman–Crippen MR) is 80.8 cm³/mol. The maximum Gasteiger partial charge on any atom is 0.116 e. The van der Waals surface area contributed by atoms with Crippen molar-refractivity contribution in [2.45, 2.75) is 18.9 Å². The highest BCUT2D eigenvalue weighted by molar-refractivity contribution is 5.80. The average Bonchev–Trinajstić information content (AvgIpc) is 2.91. The number of aromatic nitrogens is 2. The molecule has 0 saturated carbocycles. The first-order chi connectivity index (χ1) is 9.84. The van der Waals surface area contributed by atoms with Gasteiger partial charge in [0.1, 0.15) is 6.33 Å². The first-order valence-corrected chi connectivity index (χ1v) is 7.50. The molecule has 106 valence electrons. The molecule has 1 aromatic carbocycles. The number of hydrogen-bond acceptors (Lipinski definition) is 4. The van der Waals surface area contributed by atoms with Crippen LogP contribution in [0, 0.1) is 0 Å². The Labute approximate surface area is 118 Å². The predicted octanol–water partition coefficient (Wildman–Crippen LogP) is 0.653. The van der Waals surface area contributed by atoms with Crippen LogP contribution in [0.2, 0.25) is 0 Å². The maximum absolute atomic E-state index is 4.70. The van der Waals surface area contributed by atoms with E-state index in [1.807, 2.05) is 6.33 Å². The molecule has 5 heteroatoms. The molecule has 0 bridgehead atoms. The van der Waals surface area contributed by atoms with Crippen molar-refractivity contribution in [1.82, 2.24) is 20.3 Å². The Morgan fingerprint density at radius 3 is 2.80 bits per heavy atom. The monoisotopic (exact) mass is 271 g/mol. The van der Waals surface area contributed by atoms with Gasteiger partial charge in [-0.1, -0.05) is 12.1 Å². The summed E-state index contributed by atoms with van der Waals surface area (Å²) < 4.78 is 2.23. The molecule has 4 rings (SSSR count). The van der Waals surface area contributed by atoms with Crippen LogP contribution >= 0.6 is 0 Å². The number of nitrogens with zero attached hydrogens (tertiary/aromatic N) is 3. The standard InChI is InChI=1S/C15H21N5/c1-11-13(9-17-11)12-3-2-4-14-15(12)18-10-20(14)19-7-5-16-6-8-19/h2-4,10-11,13,16-17H,5-9H2,1H3. The van der Waals surface area contributed by atoms with E-state index in [1.54, 1.807) is 0 Å². The molecule has 1 aromatic heterocycles. The fraction of sp³-hybridized carbons (Fsp3) is 0.533. The number of nitrogens with one attached hydrogen (secondary N) is 2. The number of piperazine rings is 1. The van der Waals surface area contributed by atoms with Crippen LogP contribution in [0.3, 0.4) is 0 Å². The van der Waals surface area contributed by atoms with Crippen molar-refractivity contribution < 1.29 is 0 Å². The number of imidazole rings is 1. The van der Waals surface area contributed by atoms with Gasteiger partial charge in [-0.2, -0.15) is 0 Å². The summed E-state index contributed by atoms with van der Waals surface area (Å²) in [5.41, 5.74) is 3.80. The topological polar surface area (TPSA) is 45.1 Å². The highest BCUT2D eigenvalue weighted by atomic mass is 15.6. The van der Waals surface area contributed by atoms with Gasteiger partial charge in [-0.3, -0.25) is 0 Å². The van der Waals surface area contributed by atoms with Gasteiger partial charge in [0.05, 0.1) is 11.0 Å². The second kappa shape index (κ2) is 4.75. The number of para-hydroxylation sites is 1. The van der Waals surface area contributed by atoms with Gasteiger partial charge in [-0.15, -0.1) is 0 Å². The maximum atomic E-state index is 4.70. The highest BCUT2D eigenvalue weighted by Crippen LogP contribution is 2.31. The van der Waals surface area contributed by atoms with Crippen LogP contribution in [0.25, 0.3) is 11.0 Å². The Morgan fingerprint density at radius 2 is 2.10 bits per heavy atom. The largest absolute Gasteiger partial charge is 0.313 e. The van der Waals surface area contributed by atoms with Gasteiger partial charge in [-0.25, -0.2) is 9.66 Å². The Balaban J connectivity index is 1.75. The molecule has 2 aliphatic heterocycles. The lowest BCUT2D eigenvalue weighted by molar-refractivity contribution is 0.336. The molecule has 0 spiro atoms. The van der Waals surface area contributed by atoms with Crippen LogP contribution in [0.5, 0.6) is 0 Å². The summed E-state index contributed by atoms with van der Waals surface area (Å²) in [7, 11) is 0. The van der Waals surface area contributed by atoms with Crippen molar-refractivity contribution >= 4 is 11.0 Å². The second-order valence-electron chi connectivity index (χ2n) is 5.81. The summed E-state index contributed by atoms with van der Waals surface area (Å²) in [6, 6.07) is 7.15. The smallest absolute Gasteiger partial charge is 0.116 e. The van der Waals surface area contributed by atoms with Crippen molar-refractivity contribution in [3.05, 3.63) is 30.1 Å². The molecule has 2 unspecified atom stereocenters. The van der Waals surface area contributed by atoms with Gasteiger partial charge in [0.2, 0.25) is 0 Å². The van der Waals surface area contributed by atoms with E-state index in [0.29, 0.717) is 12.0 Å². The Kier molecular flexibility index (Phi) is 2.89. The fourth-order valence-corrected chi connectivity index (χ4v) is 3.29. The molecular formula is C15H21N5.